The van der Waals surface area contributed by atoms with E-state index in [0.717, 1.165) is 36.6 Å². The van der Waals surface area contributed by atoms with Gasteiger partial charge in [-0.2, -0.15) is 0 Å². The lowest BCUT2D eigenvalue weighted by Crippen LogP contribution is -2.11. The van der Waals surface area contributed by atoms with Gasteiger partial charge >= 0.3 is 0 Å². The summed E-state index contributed by atoms with van der Waals surface area (Å²) >= 11 is 0. The molecule has 0 saturated heterocycles. The van der Waals surface area contributed by atoms with Gasteiger partial charge in [0.2, 0.25) is 0 Å². The number of rotatable bonds is 8. The minimum absolute atomic E-state index is 0.784. The molecule has 0 radical (unpaired) electrons. The Morgan fingerprint density at radius 1 is 1.00 bits per heavy atom. The molecule has 21 heavy (non-hydrogen) atoms. The zero-order chi connectivity index (χ0) is 14.9. The highest BCUT2D eigenvalue weighted by atomic mass is 16.5. The molecular formula is C18H24N2O. The molecule has 0 amide bonds. The van der Waals surface area contributed by atoms with Crippen LogP contribution in [0.3, 0.4) is 0 Å². The maximum atomic E-state index is 5.87. The Kier molecular flexibility index (Phi) is 6.22. The molecule has 1 heterocycles. The number of hydrogen-bond donors (Lipinski definition) is 1. The fourth-order valence-corrected chi connectivity index (χ4v) is 2.13. The topological polar surface area (TPSA) is 34.1 Å². The van der Waals surface area contributed by atoms with E-state index >= 15 is 0 Å². The molecule has 0 bridgehead atoms. The summed E-state index contributed by atoms with van der Waals surface area (Å²) in [5, 5.41) is 3.29. The third-order valence-electron chi connectivity index (χ3n) is 3.33. The molecule has 0 unspecified atom stereocenters. The number of aryl methyl sites for hydroxylation is 1. The van der Waals surface area contributed by atoms with E-state index in [1.54, 1.807) is 6.20 Å². The molecule has 1 aromatic carbocycles. The van der Waals surface area contributed by atoms with Crippen LogP contribution in [0, 0.1) is 0 Å². The Labute approximate surface area is 127 Å². The van der Waals surface area contributed by atoms with Crippen LogP contribution < -0.4 is 10.1 Å². The van der Waals surface area contributed by atoms with Crippen LogP contribution in [-0.2, 0) is 13.0 Å². The van der Waals surface area contributed by atoms with Gasteiger partial charge in [-0.25, -0.2) is 0 Å². The standard InChI is InChI=1S/C18H24N2O/c1-3-5-6-15-7-9-17(10-8-15)21-18-11-16(12-19-4-2)13-20-14-18/h7-11,13-14,19H,3-6,12H2,1-2H3. The van der Waals surface area contributed by atoms with Gasteiger partial charge in [0.15, 0.2) is 0 Å². The van der Waals surface area contributed by atoms with Crippen molar-refractivity contribution < 1.29 is 4.74 Å². The molecule has 112 valence electrons. The van der Waals surface area contributed by atoms with Gasteiger partial charge in [0, 0.05) is 12.7 Å². The number of nitrogens with one attached hydrogen (secondary N) is 1. The quantitative estimate of drug-likeness (QED) is 0.783. The van der Waals surface area contributed by atoms with Crippen LogP contribution in [0.5, 0.6) is 11.5 Å². The molecule has 3 heteroatoms. The highest BCUT2D eigenvalue weighted by Gasteiger charge is 2.01. The van der Waals surface area contributed by atoms with Crippen molar-refractivity contribution in [3.8, 4) is 11.5 Å². The third-order valence-corrected chi connectivity index (χ3v) is 3.33. The van der Waals surface area contributed by atoms with Crippen LogP contribution in [0.2, 0.25) is 0 Å². The Balaban J connectivity index is 1.97. The first-order valence-corrected chi connectivity index (χ1v) is 7.73. The zero-order valence-corrected chi connectivity index (χ0v) is 12.9. The van der Waals surface area contributed by atoms with Crippen molar-refractivity contribution in [3.05, 3.63) is 53.9 Å². The molecular weight excluding hydrogens is 260 g/mol. The summed E-state index contributed by atoms with van der Waals surface area (Å²) in [5.41, 5.74) is 2.50. The van der Waals surface area contributed by atoms with Gasteiger partial charge in [-0.15, -0.1) is 0 Å². The second kappa shape index (κ2) is 8.42. The number of ether oxygens (including phenoxy) is 1. The molecule has 0 aliphatic rings. The summed E-state index contributed by atoms with van der Waals surface area (Å²) in [6.45, 7) is 6.07. The summed E-state index contributed by atoms with van der Waals surface area (Å²) in [4.78, 5) is 4.23. The second-order valence-corrected chi connectivity index (χ2v) is 5.16. The Hall–Kier alpha value is -1.87. The second-order valence-electron chi connectivity index (χ2n) is 5.16. The van der Waals surface area contributed by atoms with E-state index in [1.807, 2.05) is 24.4 Å². The minimum atomic E-state index is 0.784. The molecule has 3 nitrogen and oxygen atoms in total. The lowest BCUT2D eigenvalue weighted by molar-refractivity contribution is 0.478. The largest absolute Gasteiger partial charge is 0.456 e. The summed E-state index contributed by atoms with van der Waals surface area (Å²) in [6.07, 6.45) is 7.21. The number of hydrogen-bond acceptors (Lipinski definition) is 3. The molecule has 1 N–H and O–H groups in total. The van der Waals surface area contributed by atoms with E-state index in [0.29, 0.717) is 0 Å². The van der Waals surface area contributed by atoms with E-state index in [2.05, 4.69) is 36.3 Å². The summed E-state index contributed by atoms with van der Waals surface area (Å²) < 4.78 is 5.87. The van der Waals surface area contributed by atoms with Crippen LogP contribution >= 0.6 is 0 Å². The van der Waals surface area contributed by atoms with E-state index in [1.165, 1.54) is 18.4 Å². The van der Waals surface area contributed by atoms with Crippen molar-refractivity contribution in [1.82, 2.24) is 10.3 Å². The fraction of sp³-hybridized carbons (Fsp3) is 0.389. The van der Waals surface area contributed by atoms with Crippen LogP contribution in [0.15, 0.2) is 42.7 Å². The van der Waals surface area contributed by atoms with E-state index in [9.17, 15) is 0 Å². The monoisotopic (exact) mass is 284 g/mol. The zero-order valence-electron chi connectivity index (χ0n) is 12.9. The number of benzene rings is 1. The lowest BCUT2D eigenvalue weighted by Gasteiger charge is -2.08. The predicted molar refractivity (Wildman–Crippen MR) is 86.7 cm³/mol. The molecule has 0 spiro atoms. The molecule has 2 rings (SSSR count). The first-order valence-electron chi connectivity index (χ1n) is 7.73. The number of aromatic nitrogens is 1. The first-order chi connectivity index (χ1) is 10.3. The van der Waals surface area contributed by atoms with Gasteiger partial charge in [-0.05, 0) is 48.7 Å². The van der Waals surface area contributed by atoms with Gasteiger partial charge in [0.05, 0.1) is 6.20 Å². The average molecular weight is 284 g/mol. The number of unbranched alkanes of at least 4 members (excludes halogenated alkanes) is 1. The Morgan fingerprint density at radius 3 is 2.52 bits per heavy atom. The van der Waals surface area contributed by atoms with E-state index in [-0.39, 0.29) is 0 Å². The molecule has 0 atom stereocenters. The summed E-state index contributed by atoms with van der Waals surface area (Å²) in [6, 6.07) is 10.4. The van der Waals surface area contributed by atoms with Crippen LogP contribution in [-0.4, -0.2) is 11.5 Å². The Morgan fingerprint density at radius 2 is 1.81 bits per heavy atom. The van der Waals surface area contributed by atoms with Gasteiger partial charge in [0.25, 0.3) is 0 Å². The highest BCUT2D eigenvalue weighted by molar-refractivity contribution is 5.33. The fourth-order valence-electron chi connectivity index (χ4n) is 2.13. The molecule has 0 fully saturated rings. The predicted octanol–water partition coefficient (Wildman–Crippen LogP) is 4.33. The molecule has 0 aliphatic carbocycles. The minimum Gasteiger partial charge on any atom is -0.456 e. The van der Waals surface area contributed by atoms with E-state index in [4.69, 9.17) is 4.74 Å². The highest BCUT2D eigenvalue weighted by Crippen LogP contribution is 2.22. The van der Waals surface area contributed by atoms with Crippen molar-refractivity contribution in [3.63, 3.8) is 0 Å². The normalized spacial score (nSPS) is 10.6. The van der Waals surface area contributed by atoms with Crippen molar-refractivity contribution in [2.45, 2.75) is 39.7 Å². The smallest absolute Gasteiger partial charge is 0.146 e. The maximum absolute atomic E-state index is 5.87. The van der Waals surface area contributed by atoms with Gasteiger partial charge in [-0.1, -0.05) is 32.4 Å². The van der Waals surface area contributed by atoms with Crippen molar-refractivity contribution in [1.29, 1.82) is 0 Å². The van der Waals surface area contributed by atoms with Gasteiger partial charge < -0.3 is 10.1 Å². The van der Waals surface area contributed by atoms with Crippen molar-refractivity contribution in [2.24, 2.45) is 0 Å². The van der Waals surface area contributed by atoms with Crippen LogP contribution in [0.4, 0.5) is 0 Å². The van der Waals surface area contributed by atoms with Gasteiger partial charge in [0.1, 0.15) is 11.5 Å². The molecule has 0 saturated carbocycles. The first kappa shape index (κ1) is 15.5. The van der Waals surface area contributed by atoms with Crippen molar-refractivity contribution >= 4 is 0 Å². The number of pyridine rings is 1. The van der Waals surface area contributed by atoms with E-state index < -0.39 is 0 Å². The summed E-state index contributed by atoms with van der Waals surface area (Å²) in [7, 11) is 0. The SMILES string of the molecule is CCCCc1ccc(Oc2cncc(CNCC)c2)cc1. The third kappa shape index (κ3) is 5.20. The lowest BCUT2D eigenvalue weighted by atomic mass is 10.1. The summed E-state index contributed by atoms with van der Waals surface area (Å²) in [5.74, 6) is 1.64. The molecule has 1 aromatic heterocycles. The van der Waals surface area contributed by atoms with Crippen molar-refractivity contribution in [2.75, 3.05) is 6.54 Å². The molecule has 2 aromatic rings. The average Bonchev–Trinajstić information content (AvgIpc) is 2.53. The Bertz CT molecular complexity index is 537. The maximum Gasteiger partial charge on any atom is 0.146 e. The number of nitrogens with zero attached hydrogens (tertiary/aromatic N) is 1. The molecule has 0 aliphatic heterocycles. The van der Waals surface area contributed by atoms with Crippen LogP contribution in [0.1, 0.15) is 37.8 Å². The van der Waals surface area contributed by atoms with Crippen LogP contribution in [0.25, 0.3) is 0 Å². The van der Waals surface area contributed by atoms with Gasteiger partial charge in [-0.3, -0.25) is 4.98 Å².